The van der Waals surface area contributed by atoms with Gasteiger partial charge in [0.1, 0.15) is 16.5 Å². The van der Waals surface area contributed by atoms with Crippen LogP contribution in [0.2, 0.25) is 5.02 Å². The number of furan rings is 1. The predicted octanol–water partition coefficient (Wildman–Crippen LogP) is 4.04. The summed E-state index contributed by atoms with van der Waals surface area (Å²) in [6.07, 6.45) is 7.73. The van der Waals surface area contributed by atoms with Gasteiger partial charge < -0.3 is 4.42 Å². The maximum absolute atomic E-state index is 12.9. The lowest BCUT2D eigenvalue weighted by Crippen LogP contribution is -2.30. The molecule has 3 fully saturated rings. The number of rotatable bonds is 4. The number of hydrogen-bond donors (Lipinski definition) is 0. The number of hydrazone groups is 1. The van der Waals surface area contributed by atoms with Crippen LogP contribution in [0.15, 0.2) is 52.0 Å². The number of amides is 2. The molecule has 8 nitrogen and oxygen atoms in total. The summed E-state index contributed by atoms with van der Waals surface area (Å²) in [5, 5.41) is 16.2. The average molecular weight is 438 g/mol. The lowest BCUT2D eigenvalue weighted by molar-refractivity contribution is -0.384. The van der Waals surface area contributed by atoms with Crippen molar-refractivity contribution in [3.63, 3.8) is 0 Å². The monoisotopic (exact) mass is 437 g/mol. The fourth-order valence-electron chi connectivity index (χ4n) is 5.67. The van der Waals surface area contributed by atoms with Gasteiger partial charge in [-0.1, -0.05) is 23.8 Å². The molecule has 2 amide bonds. The summed E-state index contributed by atoms with van der Waals surface area (Å²) >= 11 is 5.85. The second kappa shape index (κ2) is 6.13. The lowest BCUT2D eigenvalue weighted by Gasteiger charge is -2.18. The number of benzene rings is 1. The molecule has 4 aliphatic rings. The molecule has 2 aromatic rings. The van der Waals surface area contributed by atoms with Crippen LogP contribution in [-0.4, -0.2) is 28.0 Å². The first kappa shape index (κ1) is 18.5. The van der Waals surface area contributed by atoms with Gasteiger partial charge in [0.15, 0.2) is 0 Å². The lowest BCUT2D eigenvalue weighted by atomic mass is 9.85. The molecule has 9 heteroatoms. The van der Waals surface area contributed by atoms with Gasteiger partial charge in [0, 0.05) is 11.6 Å². The summed E-state index contributed by atoms with van der Waals surface area (Å²) in [6.45, 7) is 0. The van der Waals surface area contributed by atoms with E-state index in [-0.39, 0.29) is 51.6 Å². The summed E-state index contributed by atoms with van der Waals surface area (Å²) < 4.78 is 5.69. The average Bonchev–Trinajstić information content (AvgIpc) is 3.03. The van der Waals surface area contributed by atoms with E-state index in [1.54, 1.807) is 18.2 Å². The van der Waals surface area contributed by atoms with Crippen LogP contribution < -0.4 is 0 Å². The molecular formula is C22H16ClN3O5. The molecule has 0 unspecified atom stereocenters. The molecule has 156 valence electrons. The van der Waals surface area contributed by atoms with Crippen LogP contribution in [0.1, 0.15) is 18.6 Å². The van der Waals surface area contributed by atoms with Gasteiger partial charge in [-0.05, 0) is 54.4 Å². The van der Waals surface area contributed by atoms with E-state index >= 15 is 0 Å². The van der Waals surface area contributed by atoms with Crippen LogP contribution in [0.3, 0.4) is 0 Å². The topological polar surface area (TPSA) is 106 Å². The number of halogens is 1. The Bertz CT molecular complexity index is 1190. The maximum atomic E-state index is 12.9. The Labute approximate surface area is 181 Å². The van der Waals surface area contributed by atoms with Crippen LogP contribution in [0, 0.1) is 39.2 Å². The number of fused-ring (bicyclic) bond motifs is 3. The van der Waals surface area contributed by atoms with E-state index in [1.807, 2.05) is 0 Å². The number of nitro groups is 1. The number of carbonyl (C=O) groups is 2. The summed E-state index contributed by atoms with van der Waals surface area (Å²) in [4.78, 5) is 36.4. The van der Waals surface area contributed by atoms with E-state index in [0.717, 1.165) is 17.9 Å². The molecule has 2 saturated carbocycles. The van der Waals surface area contributed by atoms with Crippen molar-refractivity contribution in [1.29, 1.82) is 0 Å². The van der Waals surface area contributed by atoms with Crippen molar-refractivity contribution in [2.75, 3.05) is 0 Å². The highest BCUT2D eigenvalue weighted by Crippen LogP contribution is 2.73. The molecule has 1 aromatic carbocycles. The van der Waals surface area contributed by atoms with Crippen molar-refractivity contribution in [3.8, 4) is 11.3 Å². The number of nitro benzene ring substituents is 1. The Kier molecular flexibility index (Phi) is 3.66. The maximum Gasteiger partial charge on any atom is 0.288 e. The molecule has 3 aliphatic carbocycles. The molecule has 0 radical (unpaired) electrons. The Balaban J connectivity index is 1.23. The number of nitrogens with zero attached hydrogens (tertiary/aromatic N) is 3. The Hall–Kier alpha value is -3.26. The quantitative estimate of drug-likeness (QED) is 0.236. The Morgan fingerprint density at radius 1 is 1.13 bits per heavy atom. The molecule has 2 heterocycles. The minimum Gasteiger partial charge on any atom is -0.455 e. The van der Waals surface area contributed by atoms with Gasteiger partial charge in [-0.2, -0.15) is 10.1 Å². The van der Waals surface area contributed by atoms with Crippen LogP contribution in [0.5, 0.6) is 0 Å². The summed E-state index contributed by atoms with van der Waals surface area (Å²) in [7, 11) is 0. The van der Waals surface area contributed by atoms with E-state index in [1.165, 1.54) is 18.3 Å². The summed E-state index contributed by atoms with van der Waals surface area (Å²) in [6, 6.07) is 7.63. The first-order chi connectivity index (χ1) is 14.9. The zero-order valence-electron chi connectivity index (χ0n) is 16.1. The number of imide groups is 1. The van der Waals surface area contributed by atoms with Crippen molar-refractivity contribution in [3.05, 3.63) is 63.4 Å². The number of hydrogen-bond acceptors (Lipinski definition) is 6. The largest absolute Gasteiger partial charge is 0.455 e. The molecular weight excluding hydrogens is 422 g/mol. The number of carbonyl (C=O) groups excluding carboxylic acids is 2. The molecule has 1 spiro atoms. The first-order valence-electron chi connectivity index (χ1n) is 10.0. The van der Waals surface area contributed by atoms with Gasteiger partial charge in [-0.3, -0.25) is 19.7 Å². The van der Waals surface area contributed by atoms with Crippen molar-refractivity contribution < 1.29 is 18.9 Å². The molecule has 31 heavy (non-hydrogen) atoms. The van der Waals surface area contributed by atoms with E-state index in [9.17, 15) is 19.7 Å². The van der Waals surface area contributed by atoms with E-state index in [2.05, 4.69) is 17.3 Å². The van der Waals surface area contributed by atoms with Gasteiger partial charge in [-0.15, -0.1) is 0 Å². The molecule has 2 bridgehead atoms. The van der Waals surface area contributed by atoms with Crippen molar-refractivity contribution in [1.82, 2.24) is 5.01 Å². The molecule has 4 atom stereocenters. The number of allylic oxidation sites excluding steroid dienone is 2. The fourth-order valence-corrected chi connectivity index (χ4v) is 5.86. The van der Waals surface area contributed by atoms with Crippen LogP contribution in [0.25, 0.3) is 11.3 Å². The SMILES string of the molecule is O=C1[C@H]2[C@H](C(=O)N1/N=C\c1ccc(-c3ccc(Cl)c([N+](=O)[O-])c3)o1)[C@H]1C=C[C@H]2C12CC2. The zero-order chi connectivity index (χ0) is 21.5. The van der Waals surface area contributed by atoms with E-state index in [4.69, 9.17) is 16.0 Å². The molecule has 1 aromatic heterocycles. The summed E-state index contributed by atoms with van der Waals surface area (Å²) in [5.41, 5.74) is 0.409. The Morgan fingerprint density at radius 2 is 1.81 bits per heavy atom. The second-order valence-corrected chi connectivity index (χ2v) is 8.99. The minimum atomic E-state index is -0.563. The van der Waals surface area contributed by atoms with Crippen molar-refractivity contribution in [2.45, 2.75) is 12.8 Å². The standard InChI is InChI=1S/C22H16ClN3O5/c23-15-5-1-11(9-16(15)26(29)30)17-6-2-12(31-17)10-24-25-20(27)18-13-3-4-14(19(18)21(25)28)22(13)7-8-22/h1-6,9-10,13-14,18-19H,7-8H2/b24-10-/t13-,14-,18-,19-/m1/s1. The highest BCUT2D eigenvalue weighted by molar-refractivity contribution is 6.32. The fraction of sp³-hybridized carbons (Fsp3) is 0.318. The summed E-state index contributed by atoms with van der Waals surface area (Å²) in [5.74, 6) is -0.0814. The van der Waals surface area contributed by atoms with E-state index < -0.39 is 4.92 Å². The van der Waals surface area contributed by atoms with Crippen LogP contribution in [-0.2, 0) is 9.59 Å². The predicted molar refractivity (Wildman–Crippen MR) is 110 cm³/mol. The second-order valence-electron chi connectivity index (χ2n) is 8.58. The normalized spacial score (nSPS) is 29.5. The Morgan fingerprint density at radius 3 is 2.42 bits per heavy atom. The first-order valence-corrected chi connectivity index (χ1v) is 10.4. The van der Waals surface area contributed by atoms with Gasteiger partial charge in [-0.25, -0.2) is 0 Å². The van der Waals surface area contributed by atoms with Crippen LogP contribution in [0.4, 0.5) is 5.69 Å². The van der Waals surface area contributed by atoms with Crippen molar-refractivity contribution in [2.24, 2.45) is 34.2 Å². The third kappa shape index (κ3) is 2.45. The van der Waals surface area contributed by atoms with Crippen molar-refractivity contribution >= 4 is 35.3 Å². The minimum absolute atomic E-state index is 0.0372. The van der Waals surface area contributed by atoms with Gasteiger partial charge in [0.2, 0.25) is 0 Å². The van der Waals surface area contributed by atoms with Gasteiger partial charge in [0.05, 0.1) is 23.0 Å². The molecule has 0 N–H and O–H groups in total. The van der Waals surface area contributed by atoms with Crippen LogP contribution >= 0.6 is 11.6 Å². The molecule has 6 rings (SSSR count). The molecule has 1 aliphatic heterocycles. The van der Waals surface area contributed by atoms with Gasteiger partial charge in [0.25, 0.3) is 17.5 Å². The highest BCUT2D eigenvalue weighted by Gasteiger charge is 2.73. The highest BCUT2D eigenvalue weighted by atomic mass is 35.5. The smallest absolute Gasteiger partial charge is 0.288 e. The molecule has 1 saturated heterocycles. The zero-order valence-corrected chi connectivity index (χ0v) is 16.9. The third-order valence-electron chi connectivity index (χ3n) is 7.18. The van der Waals surface area contributed by atoms with E-state index in [0.29, 0.717) is 17.1 Å². The third-order valence-corrected chi connectivity index (χ3v) is 7.50. The van der Waals surface area contributed by atoms with Gasteiger partial charge >= 0.3 is 0 Å².